The van der Waals surface area contributed by atoms with Crippen molar-refractivity contribution in [3.63, 3.8) is 0 Å². The Bertz CT molecular complexity index is 2790. The van der Waals surface area contributed by atoms with Crippen molar-refractivity contribution in [1.82, 2.24) is 44.4 Å². The molecule has 1 aliphatic rings. The molecule has 1 amide bonds. The molecule has 65 heavy (non-hydrogen) atoms. The molecular formula is C33H19Cl2F16N9O3S2. The van der Waals surface area contributed by atoms with E-state index in [9.17, 15) is 79.8 Å². The van der Waals surface area contributed by atoms with Gasteiger partial charge in [0, 0.05) is 53.4 Å². The maximum atomic E-state index is 13.9. The summed E-state index contributed by atoms with van der Waals surface area (Å²) in [5.74, 6) is -15.9. The van der Waals surface area contributed by atoms with Gasteiger partial charge in [0.15, 0.2) is 23.0 Å². The number of rotatable bonds is 9. The van der Waals surface area contributed by atoms with Gasteiger partial charge in [0.2, 0.25) is 0 Å². The molecule has 0 spiro atoms. The van der Waals surface area contributed by atoms with Crippen LogP contribution in [0.25, 0.3) is 32.5 Å². The molecule has 0 bridgehead atoms. The molecule has 0 atom stereocenters. The molecule has 6 aromatic heterocycles. The number of nitrogens with one attached hydrogen (secondary N) is 1. The molecule has 7 rings (SSSR count). The Kier molecular flexibility index (Phi) is 12.5. The highest BCUT2D eigenvalue weighted by molar-refractivity contribution is 7.18. The van der Waals surface area contributed by atoms with Gasteiger partial charge in [-0.15, -0.1) is 22.7 Å². The lowest BCUT2D eigenvalue weighted by molar-refractivity contribution is -0.292. The van der Waals surface area contributed by atoms with Gasteiger partial charge < -0.3 is 10.4 Å². The minimum atomic E-state index is -6.32. The van der Waals surface area contributed by atoms with Crippen molar-refractivity contribution in [3.05, 3.63) is 79.2 Å². The first-order valence-corrected chi connectivity index (χ1v) is 19.5. The van der Waals surface area contributed by atoms with Crippen molar-refractivity contribution in [3.8, 4) is 32.5 Å². The number of carboxylic acid groups (broad SMARTS) is 1. The van der Waals surface area contributed by atoms with E-state index in [1.807, 2.05) is 0 Å². The summed E-state index contributed by atoms with van der Waals surface area (Å²) in [6.07, 6.45) is -18.3. The summed E-state index contributed by atoms with van der Waals surface area (Å²) in [7, 11) is 1.52. The molecule has 0 radical (unpaired) electrons. The number of thiophene rings is 2. The fourth-order valence-electron chi connectivity index (χ4n) is 5.72. The van der Waals surface area contributed by atoms with Crippen molar-refractivity contribution < 1.29 is 84.9 Å². The SMILES string of the molecule is Cn1nc(C(F)(F)C(F)(F)F)c(C(F)(F)F)c1-n1cc(-c2cc(Cl)c(C(=O)NC3CC3)s2)cn1.Cn1nc(C(F)(F)C(F)(F)F)c(C(F)(F)F)c1-n1cc(-c2cc(Cl)c(C(=O)O)s2)cn1. The molecule has 0 aromatic carbocycles. The zero-order chi connectivity index (χ0) is 48.7. The number of amides is 1. The van der Waals surface area contributed by atoms with Crippen molar-refractivity contribution in [2.45, 2.75) is 55.4 Å². The quantitative estimate of drug-likeness (QED) is 0.138. The smallest absolute Gasteiger partial charge is 0.459 e. The Morgan fingerprint density at radius 3 is 1.35 bits per heavy atom. The molecule has 6 aromatic rings. The number of carboxylic acids is 1. The molecule has 1 fully saturated rings. The molecule has 32 heteroatoms. The summed E-state index contributed by atoms with van der Waals surface area (Å²) < 4.78 is 215. The third-order valence-corrected chi connectivity index (χ3v) is 11.9. The lowest BCUT2D eigenvalue weighted by Gasteiger charge is -2.19. The zero-order valence-electron chi connectivity index (χ0n) is 31.4. The molecule has 352 valence electrons. The number of halogens is 18. The van der Waals surface area contributed by atoms with Crippen molar-refractivity contribution in [2.75, 3.05) is 0 Å². The summed E-state index contributed by atoms with van der Waals surface area (Å²) >= 11 is 13.4. The standard InChI is InChI=1S/C18H12ClF8N5OS.C15H7ClF8N4O2S/c1-31-15(11(17(22,23)24)13(30-31)16(20,21)18(25,26)27)32-6-7(5-28-32)10-4-9(19)12(34-10)14(33)29-8-2-3-8;1-27-11(8(14(19,20)21)10(26-27)13(17,18)15(22,23)24)28-4-5(3-25-28)7-2-6(16)9(31-7)12(29)30/h4-6,8H,2-3H2,1H3,(H,29,33);2-4H,1H3,(H,29,30). The van der Waals surface area contributed by atoms with E-state index in [1.165, 1.54) is 12.1 Å². The van der Waals surface area contributed by atoms with E-state index in [2.05, 4.69) is 25.7 Å². The van der Waals surface area contributed by atoms with Crippen LogP contribution in [0.15, 0.2) is 36.9 Å². The van der Waals surface area contributed by atoms with Gasteiger partial charge in [-0.1, -0.05) is 23.2 Å². The summed E-state index contributed by atoms with van der Waals surface area (Å²) in [4.78, 5) is 23.7. The Labute approximate surface area is 367 Å². The van der Waals surface area contributed by atoms with Crippen LogP contribution in [0.1, 0.15) is 54.7 Å². The summed E-state index contributed by atoms with van der Waals surface area (Å²) in [5.41, 5.74) is -9.41. The Balaban J connectivity index is 0.000000216. The minimum absolute atomic E-state index is 0.0397. The van der Waals surface area contributed by atoms with Crippen LogP contribution in [-0.4, -0.2) is 74.5 Å². The molecule has 6 heterocycles. The number of carbonyl (C=O) groups is 2. The molecule has 0 aliphatic heterocycles. The fraction of sp³-hybridized carbons (Fsp3) is 0.333. The molecular weight excluding hydrogens is 1010 g/mol. The topological polar surface area (TPSA) is 138 Å². The molecule has 0 saturated heterocycles. The van der Waals surface area contributed by atoms with Gasteiger partial charge in [0.05, 0.1) is 22.4 Å². The zero-order valence-corrected chi connectivity index (χ0v) is 34.6. The van der Waals surface area contributed by atoms with E-state index in [0.717, 1.165) is 63.1 Å². The molecule has 2 N–H and O–H groups in total. The lowest BCUT2D eigenvalue weighted by atomic mass is 10.1. The highest BCUT2D eigenvalue weighted by Gasteiger charge is 2.65. The number of carbonyl (C=O) groups excluding carboxylic acids is 1. The van der Waals surface area contributed by atoms with E-state index in [-0.39, 0.29) is 51.2 Å². The van der Waals surface area contributed by atoms with Gasteiger partial charge in [0.25, 0.3) is 5.91 Å². The average Bonchev–Trinajstić information content (AvgIpc) is 3.77. The Morgan fingerprint density at radius 2 is 1.03 bits per heavy atom. The maximum absolute atomic E-state index is 13.9. The monoisotopic (exact) mass is 1030 g/mol. The van der Waals surface area contributed by atoms with Gasteiger partial charge in [-0.25, -0.2) is 23.5 Å². The second-order valence-electron chi connectivity index (χ2n) is 13.5. The highest BCUT2D eigenvalue weighted by Crippen LogP contribution is 2.51. The van der Waals surface area contributed by atoms with Crippen LogP contribution in [0.4, 0.5) is 70.2 Å². The second kappa shape index (κ2) is 16.5. The normalized spacial score (nSPS) is 14.2. The first-order valence-electron chi connectivity index (χ1n) is 17.1. The van der Waals surface area contributed by atoms with Gasteiger partial charge >= 0.3 is 42.5 Å². The number of hydrogen-bond donors (Lipinski definition) is 2. The number of hydrogen-bond acceptors (Lipinski definition) is 8. The number of aromatic nitrogens is 8. The van der Waals surface area contributed by atoms with Gasteiger partial charge in [-0.2, -0.15) is 90.6 Å². The van der Waals surface area contributed by atoms with E-state index in [1.54, 1.807) is 0 Å². The number of aryl methyl sites for hydroxylation is 2. The first kappa shape index (κ1) is 49.1. The minimum Gasteiger partial charge on any atom is -0.477 e. The van der Waals surface area contributed by atoms with E-state index < -0.39 is 82.6 Å². The third-order valence-electron chi connectivity index (χ3n) is 8.76. The Hall–Kier alpha value is -5.36. The molecule has 12 nitrogen and oxygen atoms in total. The van der Waals surface area contributed by atoms with Crippen LogP contribution < -0.4 is 5.32 Å². The Morgan fingerprint density at radius 1 is 0.662 bits per heavy atom. The van der Waals surface area contributed by atoms with Gasteiger partial charge in [0.1, 0.15) is 20.9 Å². The van der Waals surface area contributed by atoms with E-state index in [0.29, 0.717) is 25.6 Å². The predicted molar refractivity (Wildman–Crippen MR) is 195 cm³/mol. The average molecular weight is 1030 g/mol. The van der Waals surface area contributed by atoms with Crippen molar-refractivity contribution in [1.29, 1.82) is 0 Å². The molecule has 1 saturated carbocycles. The summed E-state index contributed by atoms with van der Waals surface area (Å²) in [5, 5.41) is 24.6. The van der Waals surface area contributed by atoms with E-state index >= 15 is 0 Å². The predicted octanol–water partition coefficient (Wildman–Crippen LogP) is 10.9. The molecule has 0 unspecified atom stereocenters. The van der Waals surface area contributed by atoms with Gasteiger partial charge in [-0.3, -0.25) is 4.79 Å². The van der Waals surface area contributed by atoms with Crippen LogP contribution in [0.2, 0.25) is 10.0 Å². The second-order valence-corrected chi connectivity index (χ2v) is 16.4. The van der Waals surface area contributed by atoms with Crippen molar-refractivity contribution in [2.24, 2.45) is 14.1 Å². The lowest BCUT2D eigenvalue weighted by Crippen LogP contribution is -2.36. The van der Waals surface area contributed by atoms with Crippen molar-refractivity contribution >= 4 is 57.8 Å². The number of alkyl halides is 16. The van der Waals surface area contributed by atoms with Crippen LogP contribution in [0, 0.1) is 0 Å². The summed E-state index contributed by atoms with van der Waals surface area (Å²) in [6.45, 7) is 0. The van der Waals surface area contributed by atoms with E-state index in [4.69, 9.17) is 28.3 Å². The largest absolute Gasteiger partial charge is 0.477 e. The highest BCUT2D eigenvalue weighted by atomic mass is 35.5. The third kappa shape index (κ3) is 9.38. The van der Waals surface area contributed by atoms with Crippen LogP contribution in [-0.2, 0) is 38.3 Å². The molecule has 1 aliphatic carbocycles. The van der Waals surface area contributed by atoms with Crippen LogP contribution in [0.5, 0.6) is 0 Å². The van der Waals surface area contributed by atoms with Crippen LogP contribution in [0.3, 0.4) is 0 Å². The maximum Gasteiger partial charge on any atom is 0.459 e. The number of nitrogens with zero attached hydrogens (tertiary/aromatic N) is 8. The van der Waals surface area contributed by atoms with Gasteiger partial charge in [-0.05, 0) is 25.0 Å². The first-order chi connectivity index (χ1) is 29.7. The fourth-order valence-corrected chi connectivity index (χ4v) is 8.26. The summed E-state index contributed by atoms with van der Waals surface area (Å²) in [6, 6.07) is 2.60. The number of aromatic carboxylic acids is 1. The van der Waals surface area contributed by atoms with Crippen LogP contribution >= 0.6 is 45.9 Å².